The van der Waals surface area contributed by atoms with Crippen LogP contribution >= 0.6 is 23.2 Å². The SMILES string of the molecule is Cc1ccc(Cl)cc1N(C(C)C(=O)Nc1ccc(Cl)cc1C(=O)c1ccccc1)S(C)(=O)=O. The van der Waals surface area contributed by atoms with Crippen molar-refractivity contribution in [2.45, 2.75) is 19.9 Å². The summed E-state index contributed by atoms with van der Waals surface area (Å²) in [5.74, 6) is -0.948. The number of amides is 1. The maximum atomic E-state index is 13.2. The summed E-state index contributed by atoms with van der Waals surface area (Å²) in [4.78, 5) is 26.2. The highest BCUT2D eigenvalue weighted by Gasteiger charge is 2.31. The fraction of sp³-hybridized carbons (Fsp3) is 0.167. The van der Waals surface area contributed by atoms with Crippen LogP contribution in [-0.4, -0.2) is 32.4 Å². The summed E-state index contributed by atoms with van der Waals surface area (Å²) >= 11 is 12.2. The molecule has 6 nitrogen and oxygen atoms in total. The first kappa shape index (κ1) is 24.8. The van der Waals surface area contributed by atoms with E-state index >= 15 is 0 Å². The van der Waals surface area contributed by atoms with Crippen molar-refractivity contribution in [3.8, 4) is 0 Å². The standard InChI is InChI=1S/C24H22Cl2N2O4S/c1-15-9-10-19(26)14-22(15)28(33(3,31)32)16(2)24(30)27-21-12-11-18(25)13-20(21)23(29)17-7-5-4-6-8-17/h4-14,16H,1-3H3,(H,27,30). The van der Waals surface area contributed by atoms with E-state index < -0.39 is 22.0 Å². The quantitative estimate of drug-likeness (QED) is 0.441. The predicted molar refractivity (Wildman–Crippen MR) is 133 cm³/mol. The van der Waals surface area contributed by atoms with Crippen LogP contribution in [0.5, 0.6) is 0 Å². The second-order valence-electron chi connectivity index (χ2n) is 7.54. The van der Waals surface area contributed by atoms with E-state index in [4.69, 9.17) is 23.2 Å². The Kier molecular flexibility index (Phi) is 7.47. The van der Waals surface area contributed by atoms with E-state index in [0.717, 1.165) is 10.6 Å². The first-order valence-electron chi connectivity index (χ1n) is 9.94. The number of carbonyl (C=O) groups is 2. The Morgan fingerprint density at radius 2 is 1.55 bits per heavy atom. The monoisotopic (exact) mass is 504 g/mol. The van der Waals surface area contributed by atoms with Crippen LogP contribution in [0.15, 0.2) is 66.7 Å². The first-order valence-corrected chi connectivity index (χ1v) is 12.5. The largest absolute Gasteiger partial charge is 0.324 e. The van der Waals surface area contributed by atoms with Crippen LogP contribution in [0.1, 0.15) is 28.4 Å². The Hall–Kier alpha value is -2.87. The highest BCUT2D eigenvalue weighted by atomic mass is 35.5. The van der Waals surface area contributed by atoms with Gasteiger partial charge < -0.3 is 5.32 Å². The van der Waals surface area contributed by atoms with Crippen LogP contribution in [0.2, 0.25) is 10.0 Å². The lowest BCUT2D eigenvalue weighted by Gasteiger charge is -2.29. The topological polar surface area (TPSA) is 83.6 Å². The van der Waals surface area contributed by atoms with Gasteiger partial charge in [0.1, 0.15) is 6.04 Å². The lowest BCUT2D eigenvalue weighted by Crippen LogP contribution is -2.45. The smallest absolute Gasteiger partial charge is 0.248 e. The number of halogens is 2. The van der Waals surface area contributed by atoms with Gasteiger partial charge in [0.25, 0.3) is 0 Å². The Morgan fingerprint density at radius 3 is 2.18 bits per heavy atom. The first-order chi connectivity index (χ1) is 15.5. The summed E-state index contributed by atoms with van der Waals surface area (Å²) < 4.78 is 26.3. The Balaban J connectivity index is 1.98. The van der Waals surface area contributed by atoms with Crippen molar-refractivity contribution in [1.29, 1.82) is 0 Å². The Morgan fingerprint density at radius 1 is 0.939 bits per heavy atom. The number of ketones is 1. The van der Waals surface area contributed by atoms with E-state index in [-0.39, 0.29) is 17.0 Å². The molecule has 0 aromatic heterocycles. The molecule has 0 aliphatic heterocycles. The molecular formula is C24H22Cl2N2O4S. The number of hydrogen-bond acceptors (Lipinski definition) is 4. The number of hydrogen-bond donors (Lipinski definition) is 1. The van der Waals surface area contributed by atoms with Gasteiger partial charge in [0.15, 0.2) is 5.78 Å². The maximum absolute atomic E-state index is 13.2. The minimum Gasteiger partial charge on any atom is -0.324 e. The molecule has 3 rings (SSSR count). The molecule has 3 aromatic carbocycles. The highest BCUT2D eigenvalue weighted by molar-refractivity contribution is 7.92. The molecule has 1 unspecified atom stereocenters. The summed E-state index contributed by atoms with van der Waals surface area (Å²) in [6.07, 6.45) is 1.02. The average molecular weight is 505 g/mol. The minimum atomic E-state index is -3.84. The normalized spacial score (nSPS) is 12.2. The summed E-state index contributed by atoms with van der Waals surface area (Å²) in [5, 5.41) is 3.35. The molecule has 0 saturated heterocycles. The maximum Gasteiger partial charge on any atom is 0.248 e. The molecule has 1 N–H and O–H groups in total. The van der Waals surface area contributed by atoms with Gasteiger partial charge in [-0.1, -0.05) is 59.6 Å². The van der Waals surface area contributed by atoms with E-state index in [1.807, 2.05) is 0 Å². The third kappa shape index (κ3) is 5.74. The van der Waals surface area contributed by atoms with E-state index in [2.05, 4.69) is 5.32 Å². The second kappa shape index (κ2) is 9.95. The molecule has 9 heteroatoms. The third-order valence-electron chi connectivity index (χ3n) is 5.02. The van der Waals surface area contributed by atoms with Crippen LogP contribution < -0.4 is 9.62 Å². The van der Waals surface area contributed by atoms with Crippen LogP contribution in [0.4, 0.5) is 11.4 Å². The molecule has 0 aliphatic rings. The summed E-state index contributed by atoms with van der Waals surface area (Å²) in [7, 11) is -3.84. The van der Waals surface area contributed by atoms with Crippen molar-refractivity contribution in [3.63, 3.8) is 0 Å². The third-order valence-corrected chi connectivity index (χ3v) is 6.71. The summed E-state index contributed by atoms with van der Waals surface area (Å²) in [6, 6.07) is 16.8. The number of rotatable bonds is 7. The average Bonchev–Trinajstić information content (AvgIpc) is 2.76. The van der Waals surface area contributed by atoms with Crippen molar-refractivity contribution in [2.75, 3.05) is 15.9 Å². The molecule has 33 heavy (non-hydrogen) atoms. The lowest BCUT2D eigenvalue weighted by atomic mass is 10.0. The predicted octanol–water partition coefficient (Wildman–Crippen LogP) is 5.33. The van der Waals surface area contributed by atoms with E-state index in [9.17, 15) is 18.0 Å². The van der Waals surface area contributed by atoms with Gasteiger partial charge in [-0.05, 0) is 49.7 Å². The number of nitrogens with zero attached hydrogens (tertiary/aromatic N) is 1. The summed E-state index contributed by atoms with van der Waals surface area (Å²) in [6.45, 7) is 3.19. The van der Waals surface area contributed by atoms with Crippen molar-refractivity contribution in [2.24, 2.45) is 0 Å². The number of benzene rings is 3. The molecule has 1 atom stereocenters. The number of nitrogens with one attached hydrogen (secondary N) is 1. The molecule has 1 amide bonds. The molecule has 0 aliphatic carbocycles. The van der Waals surface area contributed by atoms with Crippen LogP contribution in [0.3, 0.4) is 0 Å². The van der Waals surface area contributed by atoms with Crippen molar-refractivity contribution >= 4 is 56.3 Å². The van der Waals surface area contributed by atoms with Gasteiger partial charge in [0, 0.05) is 21.2 Å². The Bertz CT molecular complexity index is 1310. The van der Waals surface area contributed by atoms with E-state index in [1.54, 1.807) is 55.5 Å². The van der Waals surface area contributed by atoms with Gasteiger partial charge in [-0.3, -0.25) is 13.9 Å². The molecule has 0 bridgehead atoms. The molecule has 0 fully saturated rings. The van der Waals surface area contributed by atoms with Gasteiger partial charge in [0.05, 0.1) is 17.6 Å². The van der Waals surface area contributed by atoms with Crippen molar-refractivity contribution in [3.05, 3.63) is 93.5 Å². The zero-order chi connectivity index (χ0) is 24.3. The van der Waals surface area contributed by atoms with Crippen LogP contribution in [-0.2, 0) is 14.8 Å². The molecule has 0 radical (unpaired) electrons. The minimum absolute atomic E-state index is 0.194. The molecule has 0 spiro atoms. The molecule has 0 heterocycles. The van der Waals surface area contributed by atoms with Gasteiger partial charge in [-0.25, -0.2) is 8.42 Å². The fourth-order valence-electron chi connectivity index (χ4n) is 3.40. The van der Waals surface area contributed by atoms with Crippen molar-refractivity contribution in [1.82, 2.24) is 0 Å². The van der Waals surface area contributed by atoms with Crippen LogP contribution in [0.25, 0.3) is 0 Å². The molecule has 3 aromatic rings. The molecule has 172 valence electrons. The highest BCUT2D eigenvalue weighted by Crippen LogP contribution is 2.29. The van der Waals surface area contributed by atoms with Gasteiger partial charge >= 0.3 is 0 Å². The van der Waals surface area contributed by atoms with E-state index in [0.29, 0.717) is 26.9 Å². The number of carbonyl (C=O) groups excluding carboxylic acids is 2. The molecule has 0 saturated carbocycles. The molecular weight excluding hydrogens is 483 g/mol. The van der Waals surface area contributed by atoms with E-state index in [1.165, 1.54) is 25.1 Å². The Labute approximate surface area is 203 Å². The second-order valence-corrected chi connectivity index (χ2v) is 10.3. The van der Waals surface area contributed by atoms with Gasteiger partial charge in [-0.15, -0.1) is 0 Å². The van der Waals surface area contributed by atoms with Crippen molar-refractivity contribution < 1.29 is 18.0 Å². The lowest BCUT2D eigenvalue weighted by molar-refractivity contribution is -0.116. The summed E-state index contributed by atoms with van der Waals surface area (Å²) in [5.41, 5.74) is 1.77. The number of anilines is 2. The fourth-order valence-corrected chi connectivity index (χ4v) is 4.96. The zero-order valence-electron chi connectivity index (χ0n) is 18.2. The number of aryl methyl sites for hydroxylation is 1. The number of sulfonamides is 1. The zero-order valence-corrected chi connectivity index (χ0v) is 20.5. The van der Waals surface area contributed by atoms with Crippen LogP contribution in [0, 0.1) is 6.92 Å². The van der Waals surface area contributed by atoms with Gasteiger partial charge in [-0.2, -0.15) is 0 Å². The van der Waals surface area contributed by atoms with Gasteiger partial charge in [0.2, 0.25) is 15.9 Å².